The van der Waals surface area contributed by atoms with Gasteiger partial charge in [-0.25, -0.2) is 0 Å². The number of pyridine rings is 1. The molecule has 0 atom stereocenters. The van der Waals surface area contributed by atoms with Crippen LogP contribution in [0, 0.1) is 5.41 Å². The minimum Gasteiger partial charge on any atom is -0.397 e. The molecule has 1 heterocycles. The molecule has 0 aliphatic carbocycles. The molecule has 0 unspecified atom stereocenters. The first-order valence-corrected chi connectivity index (χ1v) is 6.12. The Labute approximate surface area is 109 Å². The van der Waals surface area contributed by atoms with Crippen LogP contribution in [0.1, 0.15) is 51.4 Å². The van der Waals surface area contributed by atoms with Crippen molar-refractivity contribution in [3.8, 4) is 0 Å². The van der Waals surface area contributed by atoms with Gasteiger partial charge in [0.25, 0.3) is 5.91 Å². The molecule has 0 aliphatic rings. The summed E-state index contributed by atoms with van der Waals surface area (Å²) in [4.78, 5) is 16.0. The van der Waals surface area contributed by atoms with Crippen LogP contribution in [0.2, 0.25) is 0 Å². The average molecular weight is 249 g/mol. The summed E-state index contributed by atoms with van der Waals surface area (Å²) in [6, 6.07) is 1.63. The molecule has 0 bridgehead atoms. The lowest BCUT2D eigenvalue weighted by molar-refractivity contribution is 0.0891. The summed E-state index contributed by atoms with van der Waals surface area (Å²) >= 11 is 0. The number of rotatable bonds is 3. The molecule has 0 radical (unpaired) electrons. The molecule has 0 aliphatic heterocycles. The second-order valence-corrected chi connectivity index (χ2v) is 6.58. The van der Waals surface area contributed by atoms with Crippen LogP contribution in [0.4, 0.5) is 5.69 Å². The van der Waals surface area contributed by atoms with Crippen molar-refractivity contribution in [3.05, 3.63) is 24.0 Å². The van der Waals surface area contributed by atoms with E-state index in [9.17, 15) is 4.79 Å². The second kappa shape index (κ2) is 4.96. The molecular formula is C14H23N3O. The first-order valence-electron chi connectivity index (χ1n) is 6.12. The van der Waals surface area contributed by atoms with Crippen molar-refractivity contribution < 1.29 is 4.79 Å². The summed E-state index contributed by atoms with van der Waals surface area (Å²) in [5, 5.41) is 3.02. The van der Waals surface area contributed by atoms with Gasteiger partial charge in [0.15, 0.2) is 0 Å². The molecular weight excluding hydrogens is 226 g/mol. The van der Waals surface area contributed by atoms with E-state index in [-0.39, 0.29) is 16.9 Å². The van der Waals surface area contributed by atoms with Gasteiger partial charge in [0.2, 0.25) is 0 Å². The number of carbonyl (C=O) groups excluding carboxylic acids is 1. The van der Waals surface area contributed by atoms with Gasteiger partial charge >= 0.3 is 0 Å². The fraction of sp³-hybridized carbons (Fsp3) is 0.571. The molecule has 3 N–H and O–H groups in total. The van der Waals surface area contributed by atoms with Crippen molar-refractivity contribution in [3.63, 3.8) is 0 Å². The standard InChI is InChI=1S/C14H23N3O/c1-13(2,3)9-14(4,5)17-12(18)10-6-11(15)8-16-7-10/h6-8H,9,15H2,1-5H3,(H,17,18). The van der Waals surface area contributed by atoms with E-state index in [1.807, 2.05) is 13.8 Å². The number of nitrogens with zero attached hydrogens (tertiary/aromatic N) is 1. The first-order chi connectivity index (χ1) is 8.09. The van der Waals surface area contributed by atoms with Crippen molar-refractivity contribution in [1.29, 1.82) is 0 Å². The van der Waals surface area contributed by atoms with Crippen molar-refractivity contribution in [2.45, 2.75) is 46.6 Å². The summed E-state index contributed by atoms with van der Waals surface area (Å²) in [6.07, 6.45) is 3.94. The highest BCUT2D eigenvalue weighted by molar-refractivity contribution is 5.95. The van der Waals surface area contributed by atoms with E-state index < -0.39 is 0 Å². The summed E-state index contributed by atoms with van der Waals surface area (Å²) in [6.45, 7) is 10.5. The van der Waals surface area contributed by atoms with Gasteiger partial charge in [-0.15, -0.1) is 0 Å². The van der Waals surface area contributed by atoms with Crippen LogP contribution < -0.4 is 11.1 Å². The van der Waals surface area contributed by atoms with E-state index in [0.717, 1.165) is 6.42 Å². The number of carbonyl (C=O) groups is 1. The van der Waals surface area contributed by atoms with Crippen LogP contribution in [-0.4, -0.2) is 16.4 Å². The molecule has 1 amide bonds. The number of nitrogen functional groups attached to an aromatic ring is 1. The Morgan fingerprint density at radius 2 is 1.89 bits per heavy atom. The fourth-order valence-corrected chi connectivity index (χ4v) is 2.33. The highest BCUT2D eigenvalue weighted by Crippen LogP contribution is 2.27. The van der Waals surface area contributed by atoms with Gasteiger partial charge in [-0.1, -0.05) is 20.8 Å². The molecule has 0 saturated heterocycles. The lowest BCUT2D eigenvalue weighted by Crippen LogP contribution is -2.45. The maximum Gasteiger partial charge on any atom is 0.253 e. The SMILES string of the molecule is CC(C)(C)CC(C)(C)NC(=O)c1cncc(N)c1. The highest BCUT2D eigenvalue weighted by atomic mass is 16.1. The summed E-state index contributed by atoms with van der Waals surface area (Å²) in [7, 11) is 0. The Morgan fingerprint density at radius 1 is 1.28 bits per heavy atom. The molecule has 1 aromatic rings. The maximum atomic E-state index is 12.1. The summed E-state index contributed by atoms with van der Waals surface area (Å²) in [5.41, 5.74) is 6.51. The Balaban J connectivity index is 2.75. The number of nitrogens with two attached hydrogens (primary N) is 1. The summed E-state index contributed by atoms with van der Waals surface area (Å²) in [5.74, 6) is -0.135. The van der Waals surface area contributed by atoms with Crippen molar-refractivity contribution >= 4 is 11.6 Å². The van der Waals surface area contributed by atoms with Crippen molar-refractivity contribution in [2.75, 3.05) is 5.73 Å². The number of nitrogens with one attached hydrogen (secondary N) is 1. The molecule has 4 nitrogen and oxygen atoms in total. The lowest BCUT2D eigenvalue weighted by Gasteiger charge is -2.33. The third kappa shape index (κ3) is 4.73. The number of hydrogen-bond acceptors (Lipinski definition) is 3. The zero-order valence-corrected chi connectivity index (χ0v) is 11.9. The van der Waals surface area contributed by atoms with E-state index in [1.54, 1.807) is 6.07 Å². The largest absolute Gasteiger partial charge is 0.397 e. The average Bonchev–Trinajstić information content (AvgIpc) is 2.12. The molecule has 0 saturated carbocycles. The molecule has 1 rings (SSSR count). The first kappa shape index (κ1) is 14.5. The number of anilines is 1. The van der Waals surface area contributed by atoms with Gasteiger partial charge in [-0.05, 0) is 31.7 Å². The monoisotopic (exact) mass is 249 g/mol. The fourth-order valence-electron chi connectivity index (χ4n) is 2.33. The molecule has 1 aromatic heterocycles. The number of amides is 1. The van der Waals surface area contributed by atoms with Crippen LogP contribution in [0.25, 0.3) is 0 Å². The molecule has 0 aromatic carbocycles. The van der Waals surface area contributed by atoms with Gasteiger partial charge in [0.1, 0.15) is 0 Å². The number of hydrogen-bond donors (Lipinski definition) is 2. The Hall–Kier alpha value is -1.58. The molecule has 100 valence electrons. The van der Waals surface area contributed by atoms with Crippen LogP contribution in [0.15, 0.2) is 18.5 Å². The molecule has 18 heavy (non-hydrogen) atoms. The zero-order valence-electron chi connectivity index (χ0n) is 11.9. The van der Waals surface area contributed by atoms with E-state index in [1.165, 1.54) is 12.4 Å². The van der Waals surface area contributed by atoms with E-state index in [4.69, 9.17) is 5.73 Å². The van der Waals surface area contributed by atoms with Crippen molar-refractivity contribution in [1.82, 2.24) is 10.3 Å². The highest BCUT2D eigenvalue weighted by Gasteiger charge is 2.27. The van der Waals surface area contributed by atoms with Gasteiger partial charge in [0, 0.05) is 17.9 Å². The van der Waals surface area contributed by atoms with E-state index in [2.05, 4.69) is 31.1 Å². The van der Waals surface area contributed by atoms with Crippen LogP contribution in [0.5, 0.6) is 0 Å². The Morgan fingerprint density at radius 3 is 2.39 bits per heavy atom. The molecule has 0 spiro atoms. The van der Waals surface area contributed by atoms with Crippen LogP contribution >= 0.6 is 0 Å². The second-order valence-electron chi connectivity index (χ2n) is 6.58. The third-order valence-electron chi connectivity index (χ3n) is 2.45. The zero-order chi connectivity index (χ0) is 14.0. The smallest absolute Gasteiger partial charge is 0.253 e. The van der Waals surface area contributed by atoms with Crippen LogP contribution in [0.3, 0.4) is 0 Å². The third-order valence-corrected chi connectivity index (χ3v) is 2.45. The predicted molar refractivity (Wildman–Crippen MR) is 74.3 cm³/mol. The molecule has 4 heteroatoms. The summed E-state index contributed by atoms with van der Waals surface area (Å²) < 4.78 is 0. The predicted octanol–water partition coefficient (Wildman–Crippen LogP) is 2.61. The Kier molecular flexibility index (Phi) is 3.99. The normalized spacial score (nSPS) is 12.3. The minimum atomic E-state index is -0.264. The van der Waals surface area contributed by atoms with Gasteiger partial charge in [-0.2, -0.15) is 0 Å². The maximum absolute atomic E-state index is 12.1. The van der Waals surface area contributed by atoms with Gasteiger partial charge in [-0.3, -0.25) is 9.78 Å². The van der Waals surface area contributed by atoms with Gasteiger partial charge < -0.3 is 11.1 Å². The molecule has 0 fully saturated rings. The lowest BCUT2D eigenvalue weighted by atomic mass is 9.81. The van der Waals surface area contributed by atoms with E-state index in [0.29, 0.717) is 11.3 Å². The van der Waals surface area contributed by atoms with Gasteiger partial charge in [0.05, 0.1) is 11.3 Å². The number of aromatic nitrogens is 1. The minimum absolute atomic E-state index is 0.135. The van der Waals surface area contributed by atoms with Crippen molar-refractivity contribution in [2.24, 2.45) is 5.41 Å². The topological polar surface area (TPSA) is 68.0 Å². The Bertz CT molecular complexity index is 433. The van der Waals surface area contributed by atoms with E-state index >= 15 is 0 Å². The van der Waals surface area contributed by atoms with Crippen LogP contribution in [-0.2, 0) is 0 Å². The quantitative estimate of drug-likeness (QED) is 0.865.